The van der Waals surface area contributed by atoms with Gasteiger partial charge in [0, 0.05) is 40.5 Å². The van der Waals surface area contributed by atoms with E-state index in [4.69, 9.17) is 4.74 Å². The molecule has 18 heavy (non-hydrogen) atoms. The van der Waals surface area contributed by atoms with Crippen molar-refractivity contribution in [2.45, 2.75) is 32.9 Å². The van der Waals surface area contributed by atoms with Crippen molar-refractivity contribution in [3.63, 3.8) is 0 Å². The van der Waals surface area contributed by atoms with Crippen molar-refractivity contribution in [2.24, 2.45) is 0 Å². The molecule has 0 aliphatic carbocycles. The Balaban J connectivity index is 2.77. The number of benzene rings is 1. The highest BCUT2D eigenvalue weighted by molar-refractivity contribution is 7.84. The maximum atomic E-state index is 11.2. The van der Waals surface area contributed by atoms with Gasteiger partial charge >= 0.3 is 0 Å². The molecule has 0 radical (unpaired) electrons. The molecule has 1 N–H and O–H groups in total. The maximum Gasteiger partial charge on any atom is 0.123 e. The van der Waals surface area contributed by atoms with Crippen molar-refractivity contribution < 1.29 is 8.95 Å². The molecular weight excluding hydrogens is 246 g/mol. The quantitative estimate of drug-likeness (QED) is 0.862. The average molecular weight is 269 g/mol. The molecule has 3 nitrogen and oxygen atoms in total. The zero-order chi connectivity index (χ0) is 13.7. The van der Waals surface area contributed by atoms with Crippen LogP contribution in [0.4, 0.5) is 0 Å². The highest BCUT2D eigenvalue weighted by Crippen LogP contribution is 2.26. The Kier molecular flexibility index (Phi) is 5.82. The van der Waals surface area contributed by atoms with Crippen LogP contribution in [0.5, 0.6) is 5.75 Å². The summed E-state index contributed by atoms with van der Waals surface area (Å²) < 4.78 is 16.6. The van der Waals surface area contributed by atoms with Crippen molar-refractivity contribution in [2.75, 3.05) is 19.1 Å². The van der Waals surface area contributed by atoms with Gasteiger partial charge in [-0.25, -0.2) is 0 Å². The van der Waals surface area contributed by atoms with Gasteiger partial charge < -0.3 is 10.1 Å². The molecule has 0 spiro atoms. The van der Waals surface area contributed by atoms with Crippen LogP contribution in [0, 0.1) is 6.92 Å². The van der Waals surface area contributed by atoms with Gasteiger partial charge in [-0.2, -0.15) is 0 Å². The van der Waals surface area contributed by atoms with Crippen LogP contribution in [0.25, 0.3) is 0 Å². The maximum absolute atomic E-state index is 11.2. The molecule has 4 heteroatoms. The third-order valence-corrected chi connectivity index (χ3v) is 3.84. The SMILES string of the molecule is COc1cc(C)ccc1C(C)NC(C)CS(C)=O. The van der Waals surface area contributed by atoms with Crippen LogP contribution in [0.15, 0.2) is 18.2 Å². The highest BCUT2D eigenvalue weighted by atomic mass is 32.2. The van der Waals surface area contributed by atoms with E-state index < -0.39 is 10.8 Å². The number of aryl methyl sites for hydroxylation is 1. The lowest BCUT2D eigenvalue weighted by Crippen LogP contribution is -2.33. The van der Waals surface area contributed by atoms with Crippen LogP contribution in [0.2, 0.25) is 0 Å². The zero-order valence-electron chi connectivity index (χ0n) is 11.8. The van der Waals surface area contributed by atoms with E-state index in [0.717, 1.165) is 11.3 Å². The number of hydrogen-bond donors (Lipinski definition) is 1. The lowest BCUT2D eigenvalue weighted by atomic mass is 10.0. The van der Waals surface area contributed by atoms with Gasteiger partial charge in [-0.05, 0) is 32.4 Å². The predicted octanol–water partition coefficient (Wildman–Crippen LogP) is 2.42. The molecule has 0 fully saturated rings. The second-order valence-electron chi connectivity index (χ2n) is 4.77. The first-order chi connectivity index (χ1) is 8.43. The standard InChI is InChI=1S/C14H23NO2S/c1-10-6-7-13(14(8-10)17-4)12(3)15-11(2)9-18(5)16/h6-8,11-12,15H,9H2,1-5H3. The molecule has 0 bridgehead atoms. The van der Waals surface area contributed by atoms with Crippen molar-refractivity contribution in [3.8, 4) is 5.75 Å². The van der Waals surface area contributed by atoms with E-state index in [1.54, 1.807) is 13.4 Å². The van der Waals surface area contributed by atoms with Gasteiger partial charge in [-0.1, -0.05) is 12.1 Å². The van der Waals surface area contributed by atoms with Crippen LogP contribution in [-0.4, -0.2) is 29.4 Å². The highest BCUT2D eigenvalue weighted by Gasteiger charge is 2.14. The fourth-order valence-corrected chi connectivity index (χ4v) is 2.89. The monoisotopic (exact) mass is 269 g/mol. The third kappa shape index (κ3) is 4.42. The lowest BCUT2D eigenvalue weighted by Gasteiger charge is -2.21. The Bertz CT molecular complexity index is 420. The zero-order valence-corrected chi connectivity index (χ0v) is 12.6. The van der Waals surface area contributed by atoms with Crippen LogP contribution in [0.3, 0.4) is 0 Å². The summed E-state index contributed by atoms with van der Waals surface area (Å²) in [5.74, 6) is 1.57. The van der Waals surface area contributed by atoms with Crippen molar-refractivity contribution in [1.29, 1.82) is 0 Å². The molecule has 3 atom stereocenters. The summed E-state index contributed by atoms with van der Waals surface area (Å²) in [7, 11) is 0.917. The Morgan fingerprint density at radius 1 is 1.39 bits per heavy atom. The average Bonchev–Trinajstić information content (AvgIpc) is 2.27. The number of hydrogen-bond acceptors (Lipinski definition) is 3. The molecule has 1 rings (SSSR count). The molecule has 0 saturated carbocycles. The molecule has 1 aromatic carbocycles. The van der Waals surface area contributed by atoms with Gasteiger partial charge in [0.1, 0.15) is 5.75 Å². The van der Waals surface area contributed by atoms with Gasteiger partial charge in [0.2, 0.25) is 0 Å². The van der Waals surface area contributed by atoms with Crippen molar-refractivity contribution in [3.05, 3.63) is 29.3 Å². The third-order valence-electron chi connectivity index (χ3n) is 2.87. The van der Waals surface area contributed by atoms with E-state index in [1.807, 2.05) is 13.0 Å². The lowest BCUT2D eigenvalue weighted by molar-refractivity contribution is 0.398. The summed E-state index contributed by atoms with van der Waals surface area (Å²) >= 11 is 0. The summed E-state index contributed by atoms with van der Waals surface area (Å²) in [6.07, 6.45) is 1.73. The number of ether oxygens (including phenoxy) is 1. The van der Waals surface area contributed by atoms with Crippen molar-refractivity contribution in [1.82, 2.24) is 5.32 Å². The molecule has 3 unspecified atom stereocenters. The Morgan fingerprint density at radius 3 is 2.61 bits per heavy atom. The van der Waals surface area contributed by atoms with Gasteiger partial charge in [0.05, 0.1) is 7.11 Å². The fourth-order valence-electron chi connectivity index (χ4n) is 2.09. The van der Waals surface area contributed by atoms with Crippen LogP contribution in [0.1, 0.15) is 31.0 Å². The van der Waals surface area contributed by atoms with E-state index in [-0.39, 0.29) is 12.1 Å². The van der Waals surface area contributed by atoms with E-state index in [0.29, 0.717) is 5.75 Å². The van der Waals surface area contributed by atoms with Crippen LogP contribution < -0.4 is 10.1 Å². The van der Waals surface area contributed by atoms with E-state index >= 15 is 0 Å². The minimum atomic E-state index is -0.773. The normalized spacial score (nSPS) is 16.1. The Hall–Kier alpha value is -0.870. The Labute approximate surface area is 112 Å². The summed E-state index contributed by atoms with van der Waals surface area (Å²) in [5, 5.41) is 3.45. The van der Waals surface area contributed by atoms with E-state index in [2.05, 4.69) is 31.3 Å². The second-order valence-corrected chi connectivity index (χ2v) is 6.25. The largest absolute Gasteiger partial charge is 0.496 e. The van der Waals surface area contributed by atoms with Gasteiger partial charge in [-0.3, -0.25) is 4.21 Å². The summed E-state index contributed by atoms with van der Waals surface area (Å²) in [6.45, 7) is 6.20. The van der Waals surface area contributed by atoms with Crippen LogP contribution in [-0.2, 0) is 10.8 Å². The summed E-state index contributed by atoms with van der Waals surface area (Å²) in [6, 6.07) is 6.60. The molecule has 102 valence electrons. The van der Waals surface area contributed by atoms with E-state index in [9.17, 15) is 4.21 Å². The summed E-state index contributed by atoms with van der Waals surface area (Å²) in [4.78, 5) is 0. The number of methoxy groups -OCH3 is 1. The first kappa shape index (κ1) is 15.2. The predicted molar refractivity (Wildman–Crippen MR) is 77.7 cm³/mol. The Morgan fingerprint density at radius 2 is 2.06 bits per heavy atom. The summed E-state index contributed by atoms with van der Waals surface area (Å²) in [5.41, 5.74) is 2.32. The molecule has 0 aromatic heterocycles. The molecule has 0 aliphatic heterocycles. The minimum Gasteiger partial charge on any atom is -0.496 e. The number of nitrogens with one attached hydrogen (secondary N) is 1. The second kappa shape index (κ2) is 6.90. The molecule has 0 heterocycles. The topological polar surface area (TPSA) is 38.3 Å². The first-order valence-corrected chi connectivity index (χ1v) is 7.87. The van der Waals surface area contributed by atoms with E-state index in [1.165, 1.54) is 5.56 Å². The van der Waals surface area contributed by atoms with Crippen LogP contribution >= 0.6 is 0 Å². The van der Waals surface area contributed by atoms with Gasteiger partial charge in [-0.15, -0.1) is 0 Å². The van der Waals surface area contributed by atoms with Crippen molar-refractivity contribution >= 4 is 10.8 Å². The molecule has 0 aliphatic rings. The molecular formula is C14H23NO2S. The first-order valence-electron chi connectivity index (χ1n) is 6.14. The minimum absolute atomic E-state index is 0.180. The molecule has 0 amide bonds. The smallest absolute Gasteiger partial charge is 0.123 e. The van der Waals surface area contributed by atoms with Gasteiger partial charge in [0.25, 0.3) is 0 Å². The fraction of sp³-hybridized carbons (Fsp3) is 0.571. The molecule has 1 aromatic rings. The van der Waals surface area contributed by atoms with Gasteiger partial charge in [0.15, 0.2) is 0 Å². The number of rotatable bonds is 6. The molecule has 0 saturated heterocycles.